The van der Waals surface area contributed by atoms with E-state index in [4.69, 9.17) is 16.3 Å². The summed E-state index contributed by atoms with van der Waals surface area (Å²) in [4.78, 5) is 13.2. The van der Waals surface area contributed by atoms with Crippen LogP contribution in [0.5, 0.6) is 0 Å². The van der Waals surface area contributed by atoms with Crippen molar-refractivity contribution in [2.24, 2.45) is 0 Å². The number of hydrogen-bond donors (Lipinski definition) is 1. The quantitative estimate of drug-likeness (QED) is 0.831. The number of halogens is 1. The van der Waals surface area contributed by atoms with Gasteiger partial charge in [-0.15, -0.1) is 11.3 Å². The van der Waals surface area contributed by atoms with Gasteiger partial charge in [-0.1, -0.05) is 35.9 Å². The van der Waals surface area contributed by atoms with Crippen molar-refractivity contribution in [3.63, 3.8) is 0 Å². The molecule has 1 atom stereocenters. The normalized spacial score (nSPS) is 12.1. The van der Waals surface area contributed by atoms with Gasteiger partial charge in [0, 0.05) is 16.4 Å². The number of nitrogens with one attached hydrogen (secondary N) is 1. The average molecular weight is 310 g/mol. The van der Waals surface area contributed by atoms with Gasteiger partial charge < -0.3 is 10.1 Å². The van der Waals surface area contributed by atoms with Crippen LogP contribution in [0.4, 0.5) is 0 Å². The van der Waals surface area contributed by atoms with Crippen LogP contribution in [-0.2, 0) is 16.0 Å². The van der Waals surface area contributed by atoms with E-state index in [1.165, 1.54) is 12.0 Å². The fourth-order valence-electron chi connectivity index (χ4n) is 1.94. The number of methoxy groups -OCH3 is 1. The van der Waals surface area contributed by atoms with Crippen molar-refractivity contribution in [3.05, 3.63) is 57.2 Å². The maximum absolute atomic E-state index is 11.9. The minimum Gasteiger partial charge on any atom is -0.468 e. The Morgan fingerprint density at radius 2 is 2.15 bits per heavy atom. The molecule has 1 heterocycles. The predicted octanol–water partition coefficient (Wildman–Crippen LogP) is 3.45. The molecule has 3 nitrogen and oxygen atoms in total. The highest BCUT2D eigenvalue weighted by molar-refractivity contribution is 7.09. The molecule has 0 bridgehead atoms. The molecule has 0 aliphatic carbocycles. The predicted molar refractivity (Wildman–Crippen MR) is 82.2 cm³/mol. The lowest BCUT2D eigenvalue weighted by Crippen LogP contribution is -2.31. The highest BCUT2D eigenvalue weighted by Crippen LogP contribution is 2.23. The summed E-state index contributed by atoms with van der Waals surface area (Å²) in [5.41, 5.74) is 0.743. The topological polar surface area (TPSA) is 38.3 Å². The molecule has 2 aromatic rings. The summed E-state index contributed by atoms with van der Waals surface area (Å²) in [6.07, 6.45) is 0.871. The van der Waals surface area contributed by atoms with Crippen molar-refractivity contribution in [1.29, 1.82) is 0 Å². The van der Waals surface area contributed by atoms with Crippen LogP contribution < -0.4 is 5.32 Å². The maximum atomic E-state index is 11.9. The molecule has 5 heteroatoms. The molecule has 0 spiro atoms. The van der Waals surface area contributed by atoms with Gasteiger partial charge in [0.05, 0.1) is 7.11 Å². The van der Waals surface area contributed by atoms with Crippen LogP contribution in [0.25, 0.3) is 0 Å². The number of benzene rings is 1. The van der Waals surface area contributed by atoms with Crippen molar-refractivity contribution in [3.8, 4) is 0 Å². The van der Waals surface area contributed by atoms with Crippen LogP contribution in [0.1, 0.15) is 16.5 Å². The molecule has 0 radical (unpaired) electrons. The van der Waals surface area contributed by atoms with E-state index < -0.39 is 6.04 Å². The van der Waals surface area contributed by atoms with Crippen LogP contribution in [0.3, 0.4) is 0 Å². The Labute approximate surface area is 127 Å². The molecule has 0 saturated carbocycles. The Hall–Kier alpha value is -1.36. The van der Waals surface area contributed by atoms with Crippen molar-refractivity contribution in [1.82, 2.24) is 5.32 Å². The van der Waals surface area contributed by atoms with Gasteiger partial charge in [0.15, 0.2) is 0 Å². The van der Waals surface area contributed by atoms with Crippen molar-refractivity contribution >= 4 is 28.9 Å². The van der Waals surface area contributed by atoms with Gasteiger partial charge >= 0.3 is 5.97 Å². The zero-order valence-corrected chi connectivity index (χ0v) is 12.7. The average Bonchev–Trinajstić information content (AvgIpc) is 2.97. The van der Waals surface area contributed by atoms with Gasteiger partial charge in [0.2, 0.25) is 0 Å². The molecule has 0 amide bonds. The van der Waals surface area contributed by atoms with E-state index in [1.807, 2.05) is 29.6 Å². The highest BCUT2D eigenvalue weighted by atomic mass is 35.5. The summed E-state index contributed by atoms with van der Waals surface area (Å²) in [5, 5.41) is 5.82. The number of carbonyl (C=O) groups excluding carboxylic acids is 1. The third-order valence-electron chi connectivity index (χ3n) is 2.95. The van der Waals surface area contributed by atoms with Crippen molar-refractivity contribution < 1.29 is 9.53 Å². The Morgan fingerprint density at radius 3 is 2.80 bits per heavy atom. The standard InChI is InChI=1S/C15H16ClNO2S/c1-19-15(18)14(12-6-2-3-7-13(12)16)17-9-8-11-5-4-10-20-11/h2-7,10,14,17H,8-9H2,1H3/t14-/m1/s1. The van der Waals surface area contributed by atoms with Crippen molar-refractivity contribution in [2.75, 3.05) is 13.7 Å². The first-order chi connectivity index (χ1) is 9.72. The van der Waals surface area contributed by atoms with Gasteiger partial charge in [-0.05, 0) is 29.5 Å². The van der Waals surface area contributed by atoms with Crippen molar-refractivity contribution in [2.45, 2.75) is 12.5 Å². The third-order valence-corrected chi connectivity index (χ3v) is 4.23. The zero-order chi connectivity index (χ0) is 14.4. The molecule has 1 N–H and O–H groups in total. The van der Waals surface area contributed by atoms with E-state index >= 15 is 0 Å². The number of ether oxygens (including phenoxy) is 1. The maximum Gasteiger partial charge on any atom is 0.327 e. The largest absolute Gasteiger partial charge is 0.468 e. The molecule has 0 aliphatic heterocycles. The smallest absolute Gasteiger partial charge is 0.327 e. The lowest BCUT2D eigenvalue weighted by molar-refractivity contribution is -0.143. The SMILES string of the molecule is COC(=O)[C@H](NCCc1cccs1)c1ccccc1Cl. The van der Waals surface area contributed by atoms with Crippen LogP contribution in [0.2, 0.25) is 5.02 Å². The molecule has 106 valence electrons. The Balaban J connectivity index is 2.04. The molecule has 0 unspecified atom stereocenters. The summed E-state index contributed by atoms with van der Waals surface area (Å²) in [5.74, 6) is -0.329. The van der Waals surface area contributed by atoms with Gasteiger partial charge in [0.25, 0.3) is 0 Å². The number of hydrogen-bond acceptors (Lipinski definition) is 4. The second-order valence-corrected chi connectivity index (χ2v) is 5.70. The van der Waals surface area contributed by atoms with E-state index in [2.05, 4.69) is 11.4 Å². The summed E-state index contributed by atoms with van der Waals surface area (Å²) >= 11 is 7.86. The first-order valence-corrected chi connectivity index (χ1v) is 7.56. The lowest BCUT2D eigenvalue weighted by Gasteiger charge is -2.17. The van der Waals surface area contributed by atoms with Crippen LogP contribution >= 0.6 is 22.9 Å². The summed E-state index contributed by atoms with van der Waals surface area (Å²) in [6, 6.07) is 10.9. The molecule has 0 fully saturated rings. The van der Waals surface area contributed by atoms with E-state index in [-0.39, 0.29) is 5.97 Å². The summed E-state index contributed by atoms with van der Waals surface area (Å²) in [6.45, 7) is 0.686. The molecule has 0 saturated heterocycles. The number of esters is 1. The molecule has 1 aromatic carbocycles. The number of carbonyl (C=O) groups is 1. The second-order valence-electron chi connectivity index (χ2n) is 4.26. The Kier molecular flexibility index (Phi) is 5.59. The van der Waals surface area contributed by atoms with E-state index in [0.717, 1.165) is 12.0 Å². The highest BCUT2D eigenvalue weighted by Gasteiger charge is 2.22. The number of thiophene rings is 1. The van der Waals surface area contributed by atoms with E-state index in [0.29, 0.717) is 11.6 Å². The summed E-state index contributed by atoms with van der Waals surface area (Å²) in [7, 11) is 1.38. The monoisotopic (exact) mass is 309 g/mol. The van der Waals surface area contributed by atoms with Crippen LogP contribution in [-0.4, -0.2) is 19.6 Å². The first kappa shape index (κ1) is 15.0. The van der Waals surface area contributed by atoms with Crippen LogP contribution in [0, 0.1) is 0 Å². The molecular formula is C15H16ClNO2S. The number of rotatable bonds is 6. The first-order valence-electron chi connectivity index (χ1n) is 6.30. The molecular weight excluding hydrogens is 294 g/mol. The second kappa shape index (κ2) is 7.43. The Bertz CT molecular complexity index is 557. The minimum absolute atomic E-state index is 0.329. The lowest BCUT2D eigenvalue weighted by atomic mass is 10.1. The zero-order valence-electron chi connectivity index (χ0n) is 11.1. The van der Waals surface area contributed by atoms with E-state index in [9.17, 15) is 4.79 Å². The molecule has 1 aromatic heterocycles. The fourth-order valence-corrected chi connectivity index (χ4v) is 2.90. The molecule has 2 rings (SSSR count). The van der Waals surface area contributed by atoms with Gasteiger partial charge in [-0.2, -0.15) is 0 Å². The van der Waals surface area contributed by atoms with Gasteiger partial charge in [0.1, 0.15) is 6.04 Å². The van der Waals surface area contributed by atoms with E-state index in [1.54, 1.807) is 17.4 Å². The van der Waals surface area contributed by atoms with Crippen LogP contribution in [0.15, 0.2) is 41.8 Å². The third kappa shape index (κ3) is 3.82. The van der Waals surface area contributed by atoms with Gasteiger partial charge in [-0.25, -0.2) is 4.79 Å². The fraction of sp³-hybridized carbons (Fsp3) is 0.267. The summed E-state index contributed by atoms with van der Waals surface area (Å²) < 4.78 is 4.85. The molecule has 20 heavy (non-hydrogen) atoms. The van der Waals surface area contributed by atoms with Gasteiger partial charge in [-0.3, -0.25) is 0 Å². The molecule has 0 aliphatic rings. The Morgan fingerprint density at radius 1 is 1.35 bits per heavy atom. The minimum atomic E-state index is -0.534.